The van der Waals surface area contributed by atoms with Crippen LogP contribution in [0.5, 0.6) is 0 Å². The van der Waals surface area contributed by atoms with Crippen LogP contribution in [0, 0.1) is 6.92 Å². The van der Waals surface area contributed by atoms with Gasteiger partial charge in [0.2, 0.25) is 0 Å². The largest absolute Gasteiger partial charge is 0.374 e. The normalized spacial score (nSPS) is 12.3. The quantitative estimate of drug-likeness (QED) is 0.603. The predicted octanol–water partition coefficient (Wildman–Crippen LogP) is 2.72. The zero-order valence-corrected chi connectivity index (χ0v) is 9.70. The molecule has 0 aliphatic rings. The monoisotopic (exact) mass is 205 g/mol. The lowest BCUT2D eigenvalue weighted by Crippen LogP contribution is -2.34. The molecule has 1 rings (SSSR count). The van der Waals surface area contributed by atoms with E-state index in [4.69, 9.17) is 0 Å². The zero-order valence-electron chi connectivity index (χ0n) is 9.70. The van der Waals surface area contributed by atoms with Crippen molar-refractivity contribution in [2.75, 3.05) is 11.4 Å². The molecule has 1 aromatic carbocycles. The fourth-order valence-corrected chi connectivity index (χ4v) is 1.47. The van der Waals surface area contributed by atoms with E-state index in [2.05, 4.69) is 13.5 Å². The van der Waals surface area contributed by atoms with Gasteiger partial charge in [0.05, 0.1) is 0 Å². The van der Waals surface area contributed by atoms with Crippen LogP contribution >= 0.6 is 0 Å². The van der Waals surface area contributed by atoms with Crippen molar-refractivity contribution in [3.8, 4) is 0 Å². The Morgan fingerprint density at radius 1 is 1.40 bits per heavy atom. The van der Waals surface area contributed by atoms with E-state index < -0.39 is 6.23 Å². The molecule has 82 valence electrons. The summed E-state index contributed by atoms with van der Waals surface area (Å²) in [6.07, 6.45) is -0.496. The highest BCUT2D eigenvalue weighted by molar-refractivity contribution is 5.48. The molecule has 0 saturated carbocycles. The number of aliphatic hydroxyl groups excluding tert-OH is 1. The second-order valence-electron chi connectivity index (χ2n) is 4.05. The van der Waals surface area contributed by atoms with Gasteiger partial charge in [-0.15, -0.1) is 0 Å². The van der Waals surface area contributed by atoms with E-state index >= 15 is 0 Å². The SMILES string of the molecule is C=C(C)CN(c1ccc(C)cc1)C(C)O. The number of aryl methyl sites for hydroxylation is 1. The molecule has 0 aliphatic carbocycles. The summed E-state index contributed by atoms with van der Waals surface area (Å²) in [7, 11) is 0. The van der Waals surface area contributed by atoms with E-state index in [-0.39, 0.29) is 0 Å². The molecule has 1 unspecified atom stereocenters. The number of aliphatic hydroxyl groups is 1. The number of anilines is 1. The predicted molar refractivity (Wildman–Crippen MR) is 65.0 cm³/mol. The summed E-state index contributed by atoms with van der Waals surface area (Å²) in [5.41, 5.74) is 3.29. The molecule has 1 atom stereocenters. The minimum Gasteiger partial charge on any atom is -0.374 e. The van der Waals surface area contributed by atoms with Crippen LogP contribution in [0.15, 0.2) is 36.4 Å². The molecular formula is C13H19NO. The highest BCUT2D eigenvalue weighted by Crippen LogP contribution is 2.17. The van der Waals surface area contributed by atoms with E-state index in [0.717, 1.165) is 11.3 Å². The number of benzene rings is 1. The Hall–Kier alpha value is -1.28. The van der Waals surface area contributed by atoms with Crippen LogP contribution in [0.25, 0.3) is 0 Å². The van der Waals surface area contributed by atoms with Crippen LogP contribution in [-0.2, 0) is 0 Å². The van der Waals surface area contributed by atoms with Gasteiger partial charge in [0.1, 0.15) is 6.23 Å². The van der Waals surface area contributed by atoms with Crippen molar-refractivity contribution in [3.05, 3.63) is 42.0 Å². The highest BCUT2D eigenvalue weighted by Gasteiger charge is 2.11. The van der Waals surface area contributed by atoms with Crippen LogP contribution in [0.2, 0.25) is 0 Å². The van der Waals surface area contributed by atoms with Gasteiger partial charge >= 0.3 is 0 Å². The van der Waals surface area contributed by atoms with Crippen LogP contribution in [0.1, 0.15) is 19.4 Å². The number of hydrogen-bond acceptors (Lipinski definition) is 2. The van der Waals surface area contributed by atoms with E-state index in [0.29, 0.717) is 6.54 Å². The fraction of sp³-hybridized carbons (Fsp3) is 0.385. The second kappa shape index (κ2) is 4.99. The first-order chi connectivity index (χ1) is 7.00. The molecule has 1 aromatic rings. The molecule has 0 aromatic heterocycles. The number of nitrogens with zero attached hydrogens (tertiary/aromatic N) is 1. The van der Waals surface area contributed by atoms with Gasteiger partial charge in [0.15, 0.2) is 0 Å². The molecular weight excluding hydrogens is 186 g/mol. The van der Waals surface area contributed by atoms with Gasteiger partial charge in [-0.2, -0.15) is 0 Å². The average molecular weight is 205 g/mol. The fourth-order valence-electron chi connectivity index (χ4n) is 1.47. The summed E-state index contributed by atoms with van der Waals surface area (Å²) in [4.78, 5) is 1.92. The highest BCUT2D eigenvalue weighted by atomic mass is 16.3. The van der Waals surface area contributed by atoms with Crippen LogP contribution in [-0.4, -0.2) is 17.9 Å². The maximum absolute atomic E-state index is 9.67. The Morgan fingerprint density at radius 2 is 1.93 bits per heavy atom. The lowest BCUT2D eigenvalue weighted by atomic mass is 10.2. The van der Waals surface area contributed by atoms with Crippen molar-refractivity contribution >= 4 is 5.69 Å². The van der Waals surface area contributed by atoms with Crippen molar-refractivity contribution < 1.29 is 5.11 Å². The van der Waals surface area contributed by atoms with Crippen LogP contribution in [0.4, 0.5) is 5.69 Å². The van der Waals surface area contributed by atoms with E-state index in [9.17, 15) is 5.11 Å². The minimum absolute atomic E-state index is 0.496. The Kier molecular flexibility index (Phi) is 3.92. The molecule has 0 fully saturated rings. The van der Waals surface area contributed by atoms with Crippen LogP contribution in [0.3, 0.4) is 0 Å². The van der Waals surface area contributed by atoms with Crippen molar-refractivity contribution in [1.29, 1.82) is 0 Å². The van der Waals surface area contributed by atoms with Gasteiger partial charge < -0.3 is 10.0 Å². The maximum Gasteiger partial charge on any atom is 0.124 e. The standard InChI is InChI=1S/C13H19NO/c1-10(2)9-14(12(4)15)13-7-5-11(3)6-8-13/h5-8,12,15H,1,9H2,2-4H3. The van der Waals surface area contributed by atoms with Gasteiger partial charge in [-0.1, -0.05) is 29.8 Å². The molecule has 2 nitrogen and oxygen atoms in total. The molecule has 0 radical (unpaired) electrons. The molecule has 0 heterocycles. The smallest absolute Gasteiger partial charge is 0.124 e. The van der Waals surface area contributed by atoms with E-state index in [1.807, 2.05) is 36.1 Å². The van der Waals surface area contributed by atoms with Gasteiger partial charge in [0, 0.05) is 12.2 Å². The summed E-state index contributed by atoms with van der Waals surface area (Å²) >= 11 is 0. The molecule has 1 N–H and O–H groups in total. The first-order valence-corrected chi connectivity index (χ1v) is 5.16. The molecule has 15 heavy (non-hydrogen) atoms. The molecule has 2 heteroatoms. The Bertz CT molecular complexity index is 327. The number of hydrogen-bond donors (Lipinski definition) is 1. The third kappa shape index (κ3) is 3.40. The molecule has 0 saturated heterocycles. The average Bonchev–Trinajstić information content (AvgIpc) is 2.15. The van der Waals surface area contributed by atoms with Crippen molar-refractivity contribution in [2.24, 2.45) is 0 Å². The van der Waals surface area contributed by atoms with E-state index in [1.165, 1.54) is 5.56 Å². The summed E-state index contributed by atoms with van der Waals surface area (Å²) in [5.74, 6) is 0. The first kappa shape index (κ1) is 11.8. The van der Waals surface area contributed by atoms with Crippen molar-refractivity contribution in [3.63, 3.8) is 0 Å². The van der Waals surface area contributed by atoms with Crippen molar-refractivity contribution in [2.45, 2.75) is 27.0 Å². The Labute approximate surface area is 91.9 Å². The zero-order chi connectivity index (χ0) is 11.4. The summed E-state index contributed by atoms with van der Waals surface area (Å²) in [5, 5.41) is 9.67. The van der Waals surface area contributed by atoms with Gasteiger partial charge in [-0.3, -0.25) is 0 Å². The second-order valence-corrected chi connectivity index (χ2v) is 4.05. The van der Waals surface area contributed by atoms with Gasteiger partial charge in [-0.05, 0) is 32.9 Å². The molecule has 0 amide bonds. The Morgan fingerprint density at radius 3 is 2.33 bits per heavy atom. The minimum atomic E-state index is -0.496. The lowest BCUT2D eigenvalue weighted by molar-refractivity contribution is 0.191. The van der Waals surface area contributed by atoms with Crippen molar-refractivity contribution in [1.82, 2.24) is 0 Å². The molecule has 0 aliphatic heterocycles. The first-order valence-electron chi connectivity index (χ1n) is 5.16. The summed E-state index contributed by atoms with van der Waals surface area (Å²) < 4.78 is 0. The van der Waals surface area contributed by atoms with E-state index in [1.54, 1.807) is 6.92 Å². The maximum atomic E-state index is 9.67. The topological polar surface area (TPSA) is 23.5 Å². The van der Waals surface area contributed by atoms with Gasteiger partial charge in [0.25, 0.3) is 0 Å². The lowest BCUT2D eigenvalue weighted by Gasteiger charge is -2.28. The third-order valence-corrected chi connectivity index (χ3v) is 2.26. The molecule has 0 spiro atoms. The summed E-state index contributed by atoms with van der Waals surface area (Å²) in [6.45, 7) is 10.3. The molecule has 0 bridgehead atoms. The van der Waals surface area contributed by atoms with Gasteiger partial charge in [-0.25, -0.2) is 0 Å². The van der Waals surface area contributed by atoms with Crippen LogP contribution < -0.4 is 4.90 Å². The third-order valence-electron chi connectivity index (χ3n) is 2.26. The Balaban J connectivity index is 2.88. The summed E-state index contributed by atoms with van der Waals surface area (Å²) in [6, 6.07) is 8.13. The number of rotatable bonds is 4.